The second kappa shape index (κ2) is 7.02. The second-order valence-electron chi connectivity index (χ2n) is 3.84. The van der Waals surface area contributed by atoms with E-state index in [0.717, 1.165) is 11.3 Å². The predicted molar refractivity (Wildman–Crippen MR) is 84.2 cm³/mol. The van der Waals surface area contributed by atoms with Crippen molar-refractivity contribution in [3.63, 3.8) is 0 Å². The summed E-state index contributed by atoms with van der Waals surface area (Å²) >= 11 is 13.6. The minimum atomic E-state index is 0.401. The van der Waals surface area contributed by atoms with Gasteiger partial charge in [0.1, 0.15) is 16.7 Å². The van der Waals surface area contributed by atoms with Gasteiger partial charge in [0.15, 0.2) is 5.16 Å². The van der Waals surface area contributed by atoms with Gasteiger partial charge >= 0.3 is 0 Å². The Morgan fingerprint density at radius 3 is 2.80 bits per heavy atom. The van der Waals surface area contributed by atoms with Crippen LogP contribution in [-0.4, -0.2) is 23.3 Å². The Morgan fingerprint density at radius 2 is 2.10 bits per heavy atom. The van der Waals surface area contributed by atoms with Gasteiger partial charge in [0.05, 0.1) is 7.11 Å². The zero-order valence-electron chi connectivity index (χ0n) is 11.0. The van der Waals surface area contributed by atoms with Crippen LogP contribution in [0.4, 0.5) is 5.82 Å². The van der Waals surface area contributed by atoms with Crippen LogP contribution in [0.3, 0.4) is 0 Å². The smallest absolute Gasteiger partial charge is 0.190 e. The van der Waals surface area contributed by atoms with E-state index in [-0.39, 0.29) is 0 Å². The van der Waals surface area contributed by atoms with Crippen molar-refractivity contribution < 1.29 is 4.74 Å². The van der Waals surface area contributed by atoms with E-state index in [9.17, 15) is 0 Å². The molecule has 1 N–H and O–H groups in total. The number of thioether (sulfide) groups is 1. The summed E-state index contributed by atoms with van der Waals surface area (Å²) in [4.78, 5) is 8.41. The van der Waals surface area contributed by atoms with Crippen LogP contribution in [0.1, 0.15) is 5.56 Å². The topological polar surface area (TPSA) is 47.0 Å². The summed E-state index contributed by atoms with van der Waals surface area (Å²) in [6, 6.07) is 7.20. The number of benzene rings is 1. The number of nitrogens with one attached hydrogen (secondary N) is 1. The van der Waals surface area contributed by atoms with E-state index < -0.39 is 0 Å². The van der Waals surface area contributed by atoms with Crippen molar-refractivity contribution in [2.24, 2.45) is 0 Å². The SMILES string of the molecule is COc1cccc(Cl)c1CNc1cc(Cl)nc(SC)n1. The number of methoxy groups -OCH3 is 1. The summed E-state index contributed by atoms with van der Waals surface area (Å²) in [5.41, 5.74) is 0.872. The Balaban J connectivity index is 2.19. The monoisotopic (exact) mass is 329 g/mol. The van der Waals surface area contributed by atoms with E-state index in [2.05, 4.69) is 15.3 Å². The van der Waals surface area contributed by atoms with Crippen LogP contribution >= 0.6 is 35.0 Å². The molecule has 0 saturated carbocycles. The van der Waals surface area contributed by atoms with Gasteiger partial charge in [-0.25, -0.2) is 9.97 Å². The summed E-state index contributed by atoms with van der Waals surface area (Å²) in [5, 5.41) is 4.84. The van der Waals surface area contributed by atoms with Gasteiger partial charge in [-0.15, -0.1) is 0 Å². The molecule has 0 aliphatic carbocycles. The standard InChI is InChI=1S/C13H13Cl2N3OS/c1-19-10-5-3-4-9(14)8(10)7-16-12-6-11(15)17-13(18-12)20-2/h3-6H,7H2,1-2H3,(H,16,17,18). The zero-order chi connectivity index (χ0) is 14.5. The van der Waals surface area contributed by atoms with Crippen LogP contribution in [0.25, 0.3) is 0 Å². The van der Waals surface area contributed by atoms with Crippen LogP contribution in [0, 0.1) is 0 Å². The molecule has 106 valence electrons. The molecule has 0 aliphatic heterocycles. The number of hydrogen-bond donors (Lipinski definition) is 1. The van der Waals surface area contributed by atoms with Gasteiger partial charge in [-0.1, -0.05) is 41.0 Å². The summed E-state index contributed by atoms with van der Waals surface area (Å²) in [6.45, 7) is 0.490. The molecule has 2 aromatic rings. The summed E-state index contributed by atoms with van der Waals surface area (Å²) in [6.07, 6.45) is 1.90. The first kappa shape index (κ1) is 15.2. The highest BCUT2D eigenvalue weighted by Gasteiger charge is 2.08. The van der Waals surface area contributed by atoms with Crippen LogP contribution in [0.2, 0.25) is 10.2 Å². The Morgan fingerprint density at radius 1 is 1.30 bits per heavy atom. The van der Waals surface area contributed by atoms with E-state index in [1.165, 1.54) is 11.8 Å². The van der Waals surface area contributed by atoms with Gasteiger partial charge in [0, 0.05) is 23.2 Å². The van der Waals surface area contributed by atoms with Crippen LogP contribution < -0.4 is 10.1 Å². The fraction of sp³-hybridized carbons (Fsp3) is 0.231. The van der Waals surface area contributed by atoms with E-state index in [4.69, 9.17) is 27.9 Å². The van der Waals surface area contributed by atoms with Crippen molar-refractivity contribution in [2.75, 3.05) is 18.7 Å². The lowest BCUT2D eigenvalue weighted by Gasteiger charge is -2.12. The number of aromatic nitrogens is 2. The molecule has 0 spiro atoms. The van der Waals surface area contributed by atoms with Crippen molar-refractivity contribution in [1.82, 2.24) is 9.97 Å². The minimum Gasteiger partial charge on any atom is -0.496 e. The zero-order valence-corrected chi connectivity index (χ0v) is 13.3. The molecule has 0 radical (unpaired) electrons. The molecular formula is C13H13Cl2N3OS. The van der Waals surface area contributed by atoms with E-state index >= 15 is 0 Å². The number of anilines is 1. The molecular weight excluding hydrogens is 317 g/mol. The summed E-state index contributed by atoms with van der Waals surface area (Å²) in [5.74, 6) is 1.38. The van der Waals surface area contributed by atoms with Gasteiger partial charge in [-0.3, -0.25) is 0 Å². The van der Waals surface area contributed by atoms with Crippen molar-refractivity contribution in [3.05, 3.63) is 40.0 Å². The molecule has 1 aromatic heterocycles. The molecule has 2 rings (SSSR count). The molecule has 0 amide bonds. The first-order valence-corrected chi connectivity index (χ1v) is 7.76. The lowest BCUT2D eigenvalue weighted by molar-refractivity contribution is 0.410. The number of hydrogen-bond acceptors (Lipinski definition) is 5. The average Bonchev–Trinajstić information content (AvgIpc) is 2.45. The summed E-state index contributed by atoms with van der Waals surface area (Å²) < 4.78 is 5.30. The van der Waals surface area contributed by atoms with Crippen LogP contribution in [0.15, 0.2) is 29.4 Å². The molecule has 0 unspecified atom stereocenters. The Kier molecular flexibility index (Phi) is 5.34. The highest BCUT2D eigenvalue weighted by atomic mass is 35.5. The predicted octanol–water partition coefficient (Wildman–Crippen LogP) is 4.13. The number of nitrogens with zero attached hydrogens (tertiary/aromatic N) is 2. The lowest BCUT2D eigenvalue weighted by Crippen LogP contribution is -2.05. The minimum absolute atomic E-state index is 0.401. The summed E-state index contributed by atoms with van der Waals surface area (Å²) in [7, 11) is 1.61. The van der Waals surface area contributed by atoms with Crippen LogP contribution in [-0.2, 0) is 6.54 Å². The third-order valence-electron chi connectivity index (χ3n) is 2.60. The maximum absolute atomic E-state index is 6.18. The lowest BCUT2D eigenvalue weighted by atomic mass is 10.2. The highest BCUT2D eigenvalue weighted by Crippen LogP contribution is 2.27. The Labute approximate surface area is 131 Å². The molecule has 0 aliphatic rings. The molecule has 0 saturated heterocycles. The van der Waals surface area contributed by atoms with Crippen LogP contribution in [0.5, 0.6) is 5.75 Å². The van der Waals surface area contributed by atoms with Gasteiger partial charge in [-0.2, -0.15) is 0 Å². The third kappa shape index (κ3) is 3.69. The molecule has 4 nitrogen and oxygen atoms in total. The maximum Gasteiger partial charge on any atom is 0.190 e. The molecule has 1 aromatic carbocycles. The van der Waals surface area contributed by atoms with Crippen molar-refractivity contribution >= 4 is 40.8 Å². The second-order valence-corrected chi connectivity index (χ2v) is 5.40. The first-order valence-electron chi connectivity index (χ1n) is 5.78. The first-order chi connectivity index (χ1) is 9.63. The fourth-order valence-electron chi connectivity index (χ4n) is 1.66. The number of ether oxygens (including phenoxy) is 1. The normalized spacial score (nSPS) is 10.4. The van der Waals surface area contributed by atoms with Crippen molar-refractivity contribution in [2.45, 2.75) is 11.7 Å². The fourth-order valence-corrected chi connectivity index (χ4v) is 2.50. The number of rotatable bonds is 5. The van der Waals surface area contributed by atoms with Gasteiger partial charge in [0.2, 0.25) is 0 Å². The number of halogens is 2. The van der Waals surface area contributed by atoms with E-state index in [1.807, 2.05) is 24.5 Å². The van der Waals surface area contributed by atoms with Crippen molar-refractivity contribution in [1.29, 1.82) is 0 Å². The Bertz CT molecular complexity index is 610. The van der Waals surface area contributed by atoms with Gasteiger partial charge in [0.25, 0.3) is 0 Å². The quantitative estimate of drug-likeness (QED) is 0.507. The maximum atomic E-state index is 6.18. The molecule has 7 heteroatoms. The Hall–Kier alpha value is -1.17. The largest absolute Gasteiger partial charge is 0.496 e. The van der Waals surface area contributed by atoms with Crippen molar-refractivity contribution in [3.8, 4) is 5.75 Å². The molecule has 1 heterocycles. The van der Waals surface area contributed by atoms with Gasteiger partial charge < -0.3 is 10.1 Å². The van der Waals surface area contributed by atoms with E-state index in [1.54, 1.807) is 13.2 Å². The highest BCUT2D eigenvalue weighted by molar-refractivity contribution is 7.98. The molecule has 0 bridgehead atoms. The van der Waals surface area contributed by atoms with E-state index in [0.29, 0.717) is 27.7 Å². The molecule has 0 fully saturated rings. The van der Waals surface area contributed by atoms with Gasteiger partial charge in [-0.05, 0) is 18.4 Å². The third-order valence-corrected chi connectivity index (χ3v) is 3.69. The molecule has 0 atom stereocenters. The molecule has 20 heavy (non-hydrogen) atoms. The average molecular weight is 330 g/mol.